The average molecular weight is 424 g/mol. The number of hydrogen-bond acceptors (Lipinski definition) is 4. The van der Waals surface area contributed by atoms with Crippen molar-refractivity contribution in [1.29, 1.82) is 0 Å². The number of likely N-dealkylation sites (tertiary alicyclic amines) is 1. The third kappa shape index (κ3) is 4.51. The summed E-state index contributed by atoms with van der Waals surface area (Å²) >= 11 is 6.05. The van der Waals surface area contributed by atoms with Crippen LogP contribution in [0.25, 0.3) is 11.3 Å². The molecular formula is C24H26ClN3O2. The van der Waals surface area contributed by atoms with Crippen molar-refractivity contribution in [2.24, 2.45) is 0 Å². The molecule has 1 aromatic heterocycles. The highest BCUT2D eigenvalue weighted by atomic mass is 35.5. The Balaban J connectivity index is 1.41. The van der Waals surface area contributed by atoms with Gasteiger partial charge in [-0.1, -0.05) is 23.7 Å². The number of oxazole rings is 1. The van der Waals surface area contributed by atoms with E-state index in [-0.39, 0.29) is 5.91 Å². The molecule has 30 heavy (non-hydrogen) atoms. The van der Waals surface area contributed by atoms with Crippen LogP contribution in [0, 0.1) is 6.92 Å². The lowest BCUT2D eigenvalue weighted by Gasteiger charge is -2.33. The van der Waals surface area contributed by atoms with Crippen molar-refractivity contribution in [2.45, 2.75) is 45.7 Å². The Morgan fingerprint density at radius 2 is 2.13 bits per heavy atom. The van der Waals surface area contributed by atoms with E-state index in [1.165, 1.54) is 6.42 Å². The monoisotopic (exact) mass is 423 g/mol. The van der Waals surface area contributed by atoms with Gasteiger partial charge in [-0.2, -0.15) is 0 Å². The molecule has 0 bridgehead atoms. The fourth-order valence-corrected chi connectivity index (χ4v) is 4.09. The Bertz CT molecular complexity index is 1050. The van der Waals surface area contributed by atoms with Crippen molar-refractivity contribution in [3.8, 4) is 11.3 Å². The van der Waals surface area contributed by atoms with Crippen molar-refractivity contribution in [2.75, 3.05) is 11.9 Å². The van der Waals surface area contributed by atoms with Crippen LogP contribution in [0.1, 0.15) is 48.0 Å². The molecule has 0 aliphatic carbocycles. The number of carbonyl (C=O) groups excluding carboxylic acids is 1. The molecule has 3 aromatic rings. The molecule has 0 saturated carbocycles. The molecule has 1 atom stereocenters. The van der Waals surface area contributed by atoms with Gasteiger partial charge in [0.25, 0.3) is 5.91 Å². The summed E-state index contributed by atoms with van der Waals surface area (Å²) in [6.45, 7) is 5.44. The van der Waals surface area contributed by atoms with Gasteiger partial charge in [0.2, 0.25) is 5.89 Å². The largest absolute Gasteiger partial charge is 0.439 e. The summed E-state index contributed by atoms with van der Waals surface area (Å²) in [5.41, 5.74) is 3.62. The van der Waals surface area contributed by atoms with Crippen molar-refractivity contribution >= 4 is 23.2 Å². The van der Waals surface area contributed by atoms with Gasteiger partial charge >= 0.3 is 0 Å². The highest BCUT2D eigenvalue weighted by molar-refractivity contribution is 6.30. The number of aryl methyl sites for hydroxylation is 1. The molecule has 4 rings (SSSR count). The fraction of sp³-hybridized carbons (Fsp3) is 0.333. The maximum Gasteiger partial charge on any atom is 0.254 e. The molecule has 2 heterocycles. The SMILES string of the molecule is Cc1cc(C(=O)N2CCCCC2C)ccc1NCc1ncc(-c2cccc(Cl)c2)o1. The molecule has 156 valence electrons. The molecule has 2 aromatic carbocycles. The van der Waals surface area contributed by atoms with Crippen LogP contribution in [0.15, 0.2) is 53.1 Å². The number of hydrogen-bond donors (Lipinski definition) is 1. The molecule has 1 N–H and O–H groups in total. The van der Waals surface area contributed by atoms with Crippen LogP contribution >= 0.6 is 11.6 Å². The summed E-state index contributed by atoms with van der Waals surface area (Å²) in [7, 11) is 0. The molecule has 1 fully saturated rings. The van der Waals surface area contributed by atoms with Crippen molar-refractivity contribution in [1.82, 2.24) is 9.88 Å². The first kappa shape index (κ1) is 20.5. The molecule has 1 saturated heterocycles. The summed E-state index contributed by atoms with van der Waals surface area (Å²) in [5, 5.41) is 4.01. The van der Waals surface area contributed by atoms with E-state index in [0.717, 1.165) is 41.8 Å². The number of nitrogens with one attached hydrogen (secondary N) is 1. The molecule has 6 heteroatoms. The van der Waals surface area contributed by atoms with Crippen molar-refractivity contribution in [3.63, 3.8) is 0 Å². The van der Waals surface area contributed by atoms with Crippen LogP contribution in [0.2, 0.25) is 5.02 Å². The molecule has 0 spiro atoms. The number of aromatic nitrogens is 1. The third-order valence-electron chi connectivity index (χ3n) is 5.63. The summed E-state index contributed by atoms with van der Waals surface area (Å²) in [6, 6.07) is 13.6. The smallest absolute Gasteiger partial charge is 0.254 e. The number of benzene rings is 2. The quantitative estimate of drug-likeness (QED) is 0.552. The van der Waals surface area contributed by atoms with Crippen LogP contribution < -0.4 is 5.32 Å². The predicted molar refractivity (Wildman–Crippen MR) is 120 cm³/mol. The van der Waals surface area contributed by atoms with E-state index in [0.29, 0.717) is 29.3 Å². The minimum absolute atomic E-state index is 0.121. The van der Waals surface area contributed by atoms with Crippen LogP contribution in [-0.4, -0.2) is 28.4 Å². The van der Waals surface area contributed by atoms with Gasteiger partial charge < -0.3 is 14.6 Å². The Morgan fingerprint density at radius 3 is 2.90 bits per heavy atom. The molecule has 1 aliphatic heterocycles. The van der Waals surface area contributed by atoms with Crippen LogP contribution in [0.3, 0.4) is 0 Å². The number of nitrogens with zero attached hydrogens (tertiary/aromatic N) is 2. The van der Waals surface area contributed by atoms with Gasteiger partial charge in [0.05, 0.1) is 12.7 Å². The number of amides is 1. The predicted octanol–water partition coefficient (Wildman–Crippen LogP) is 5.93. The van der Waals surface area contributed by atoms with Gasteiger partial charge in [-0.3, -0.25) is 4.79 Å². The number of halogens is 1. The Hall–Kier alpha value is -2.79. The number of piperidine rings is 1. The molecule has 5 nitrogen and oxygen atoms in total. The maximum atomic E-state index is 12.9. The molecule has 1 aliphatic rings. The molecule has 0 radical (unpaired) electrons. The molecular weight excluding hydrogens is 398 g/mol. The molecule has 1 amide bonds. The Morgan fingerprint density at radius 1 is 1.27 bits per heavy atom. The van der Waals surface area contributed by atoms with E-state index in [2.05, 4.69) is 17.2 Å². The second-order valence-corrected chi connectivity index (χ2v) is 8.29. The minimum atomic E-state index is 0.121. The van der Waals surface area contributed by atoms with Crippen LogP contribution in [0.5, 0.6) is 0 Å². The maximum absolute atomic E-state index is 12.9. The number of anilines is 1. The van der Waals surface area contributed by atoms with Gasteiger partial charge in [0.15, 0.2) is 5.76 Å². The zero-order valence-electron chi connectivity index (χ0n) is 17.3. The lowest BCUT2D eigenvalue weighted by atomic mass is 10.0. The average Bonchev–Trinajstić information content (AvgIpc) is 3.22. The lowest BCUT2D eigenvalue weighted by molar-refractivity contribution is 0.0635. The van der Waals surface area contributed by atoms with Gasteiger partial charge in [-0.05, 0) is 69.0 Å². The van der Waals surface area contributed by atoms with E-state index < -0.39 is 0 Å². The van der Waals surface area contributed by atoms with E-state index in [1.807, 2.05) is 54.3 Å². The van der Waals surface area contributed by atoms with Crippen molar-refractivity contribution < 1.29 is 9.21 Å². The summed E-state index contributed by atoms with van der Waals surface area (Å²) in [4.78, 5) is 19.2. The third-order valence-corrected chi connectivity index (χ3v) is 5.87. The first-order chi connectivity index (χ1) is 14.5. The van der Waals surface area contributed by atoms with E-state index in [1.54, 1.807) is 6.20 Å². The normalized spacial score (nSPS) is 16.5. The second-order valence-electron chi connectivity index (χ2n) is 7.86. The first-order valence-electron chi connectivity index (χ1n) is 10.4. The van der Waals surface area contributed by atoms with Gasteiger partial charge in [-0.25, -0.2) is 4.98 Å². The standard InChI is InChI=1S/C24H26ClN3O2/c1-16-12-19(24(29)28-11-4-3-6-17(28)2)9-10-21(16)26-15-23-27-14-22(30-23)18-7-5-8-20(25)13-18/h5,7-10,12-14,17,26H,3-4,6,11,15H2,1-2H3. The fourth-order valence-electron chi connectivity index (χ4n) is 3.90. The Kier molecular flexibility index (Phi) is 6.09. The van der Waals surface area contributed by atoms with Crippen LogP contribution in [0.4, 0.5) is 5.69 Å². The van der Waals surface area contributed by atoms with Gasteiger partial charge in [-0.15, -0.1) is 0 Å². The summed E-state index contributed by atoms with van der Waals surface area (Å²) in [6.07, 6.45) is 5.07. The van der Waals surface area contributed by atoms with Crippen molar-refractivity contribution in [3.05, 3.63) is 70.7 Å². The molecule has 1 unspecified atom stereocenters. The van der Waals surface area contributed by atoms with E-state index >= 15 is 0 Å². The zero-order chi connectivity index (χ0) is 21.1. The number of rotatable bonds is 5. The lowest BCUT2D eigenvalue weighted by Crippen LogP contribution is -2.42. The van der Waals surface area contributed by atoms with E-state index in [4.69, 9.17) is 16.0 Å². The minimum Gasteiger partial charge on any atom is -0.439 e. The topological polar surface area (TPSA) is 58.4 Å². The van der Waals surface area contributed by atoms with Gasteiger partial charge in [0, 0.05) is 34.4 Å². The highest BCUT2D eigenvalue weighted by Gasteiger charge is 2.24. The second kappa shape index (κ2) is 8.92. The first-order valence-corrected chi connectivity index (χ1v) is 10.7. The Labute approximate surface area is 182 Å². The summed E-state index contributed by atoms with van der Waals surface area (Å²) < 4.78 is 5.85. The highest BCUT2D eigenvalue weighted by Crippen LogP contribution is 2.25. The van der Waals surface area contributed by atoms with Crippen LogP contribution in [-0.2, 0) is 6.54 Å². The van der Waals surface area contributed by atoms with E-state index in [9.17, 15) is 4.79 Å². The summed E-state index contributed by atoms with van der Waals surface area (Å²) in [5.74, 6) is 1.39. The number of carbonyl (C=O) groups is 1. The van der Waals surface area contributed by atoms with Gasteiger partial charge in [0.1, 0.15) is 0 Å². The zero-order valence-corrected chi connectivity index (χ0v) is 18.1.